The van der Waals surface area contributed by atoms with Crippen LogP contribution >= 0.6 is 0 Å². The van der Waals surface area contributed by atoms with Gasteiger partial charge in [-0.1, -0.05) is 0 Å². The van der Waals surface area contributed by atoms with Gasteiger partial charge in [0.1, 0.15) is 13.2 Å². The summed E-state index contributed by atoms with van der Waals surface area (Å²) in [5, 5.41) is 0. The Morgan fingerprint density at radius 2 is 1.12 bits per heavy atom. The zero-order valence-electron chi connectivity index (χ0n) is 15.2. The summed E-state index contributed by atoms with van der Waals surface area (Å²) in [6, 6.07) is 0. The first-order chi connectivity index (χ1) is 11.3. The van der Waals surface area contributed by atoms with E-state index in [-0.39, 0.29) is 30.8 Å². The van der Waals surface area contributed by atoms with Crippen LogP contribution in [0.4, 0.5) is 0 Å². The molecule has 0 saturated carbocycles. The van der Waals surface area contributed by atoms with E-state index in [1.807, 2.05) is 27.7 Å². The predicted octanol–water partition coefficient (Wildman–Crippen LogP) is 1.39. The first kappa shape index (κ1) is 19.8. The summed E-state index contributed by atoms with van der Waals surface area (Å²) in [4.78, 5) is 11.8. The first-order valence-corrected chi connectivity index (χ1v) is 8.49. The van der Waals surface area contributed by atoms with Crippen LogP contribution in [0.25, 0.3) is 0 Å². The van der Waals surface area contributed by atoms with Crippen molar-refractivity contribution < 1.29 is 33.2 Å². The van der Waals surface area contributed by atoms with Crippen molar-refractivity contribution in [1.29, 1.82) is 0 Å². The van der Waals surface area contributed by atoms with E-state index in [2.05, 4.69) is 0 Å². The number of rotatable bonds is 8. The second-order valence-electron chi connectivity index (χ2n) is 7.34. The number of hydrogen-bond donors (Lipinski definition) is 0. The van der Waals surface area contributed by atoms with Crippen LogP contribution in [0.3, 0.4) is 0 Å². The van der Waals surface area contributed by atoms with Gasteiger partial charge in [0.05, 0.1) is 39.6 Å². The summed E-state index contributed by atoms with van der Waals surface area (Å²) in [5.41, 5.74) is 0. The average Bonchev–Trinajstić information content (AvgIpc) is 2.51. The molecule has 0 unspecified atom stereocenters. The van der Waals surface area contributed by atoms with Crippen molar-refractivity contribution in [3.63, 3.8) is 0 Å². The molecule has 7 nitrogen and oxygen atoms in total. The second-order valence-corrected chi connectivity index (χ2v) is 7.34. The number of hydrogen-bond acceptors (Lipinski definition) is 7. The lowest BCUT2D eigenvalue weighted by molar-refractivity contribution is -0.266. The Morgan fingerprint density at radius 1 is 0.792 bits per heavy atom. The highest BCUT2D eigenvalue weighted by atomic mass is 16.7. The molecule has 2 aliphatic rings. The van der Waals surface area contributed by atoms with Crippen molar-refractivity contribution >= 4 is 5.78 Å². The van der Waals surface area contributed by atoms with E-state index in [0.717, 1.165) is 0 Å². The Morgan fingerprint density at radius 3 is 1.46 bits per heavy atom. The van der Waals surface area contributed by atoms with E-state index in [4.69, 9.17) is 28.4 Å². The van der Waals surface area contributed by atoms with Crippen molar-refractivity contribution in [2.24, 2.45) is 11.8 Å². The molecule has 140 valence electrons. The minimum Gasteiger partial charge on any atom is -0.373 e. The molecule has 0 spiro atoms. The van der Waals surface area contributed by atoms with E-state index in [9.17, 15) is 4.79 Å². The van der Waals surface area contributed by atoms with Gasteiger partial charge in [-0.3, -0.25) is 4.79 Å². The fraction of sp³-hybridized carbons (Fsp3) is 0.941. The molecule has 24 heavy (non-hydrogen) atoms. The van der Waals surface area contributed by atoms with Crippen molar-refractivity contribution in [3.8, 4) is 0 Å². The quantitative estimate of drug-likeness (QED) is 0.657. The van der Waals surface area contributed by atoms with Crippen molar-refractivity contribution in [2.45, 2.75) is 39.3 Å². The molecule has 0 aromatic rings. The van der Waals surface area contributed by atoms with Crippen molar-refractivity contribution in [1.82, 2.24) is 0 Å². The average molecular weight is 346 g/mol. The molecule has 7 heteroatoms. The van der Waals surface area contributed by atoms with Crippen LogP contribution in [0.5, 0.6) is 0 Å². The Labute approximate surface area is 143 Å². The number of ether oxygens (including phenoxy) is 6. The van der Waals surface area contributed by atoms with Gasteiger partial charge in [0.25, 0.3) is 0 Å². The molecular weight excluding hydrogens is 316 g/mol. The maximum atomic E-state index is 11.8. The van der Waals surface area contributed by atoms with Crippen molar-refractivity contribution in [2.75, 3.05) is 52.9 Å². The van der Waals surface area contributed by atoms with Gasteiger partial charge in [0.15, 0.2) is 17.4 Å². The van der Waals surface area contributed by atoms with Crippen LogP contribution in [0.15, 0.2) is 0 Å². The largest absolute Gasteiger partial charge is 0.373 e. The summed E-state index contributed by atoms with van der Waals surface area (Å²) in [6.07, 6.45) is 0. The van der Waals surface area contributed by atoms with Crippen LogP contribution in [-0.2, 0) is 33.2 Å². The third kappa shape index (κ3) is 7.13. The summed E-state index contributed by atoms with van der Waals surface area (Å²) >= 11 is 0. The zero-order chi connectivity index (χ0) is 17.6. The zero-order valence-corrected chi connectivity index (χ0v) is 15.2. The summed E-state index contributed by atoms with van der Waals surface area (Å²) in [7, 11) is 0. The van der Waals surface area contributed by atoms with E-state index in [0.29, 0.717) is 39.6 Å². The Hall–Kier alpha value is -0.570. The van der Waals surface area contributed by atoms with E-state index in [1.54, 1.807) is 0 Å². The maximum absolute atomic E-state index is 11.8. The second kappa shape index (κ2) is 8.69. The topological polar surface area (TPSA) is 72.5 Å². The van der Waals surface area contributed by atoms with E-state index in [1.165, 1.54) is 0 Å². The molecule has 0 N–H and O–H groups in total. The Balaban J connectivity index is 1.48. The number of ketones is 1. The molecular formula is C17H30O7. The monoisotopic (exact) mass is 346 g/mol. The number of carbonyl (C=O) groups is 1. The minimum atomic E-state index is -0.526. The molecule has 2 aliphatic heterocycles. The summed E-state index contributed by atoms with van der Waals surface area (Å²) in [5.74, 6) is -0.812. The van der Waals surface area contributed by atoms with Gasteiger partial charge in [0.2, 0.25) is 0 Å². The molecule has 0 bridgehead atoms. The highest BCUT2D eigenvalue weighted by molar-refractivity contribution is 5.80. The van der Waals surface area contributed by atoms with Gasteiger partial charge in [-0.25, -0.2) is 0 Å². The molecule has 0 aromatic carbocycles. The molecule has 2 saturated heterocycles. The third-order valence-corrected chi connectivity index (χ3v) is 3.90. The van der Waals surface area contributed by atoms with Gasteiger partial charge >= 0.3 is 0 Å². The molecule has 2 rings (SSSR count). The normalized spacial score (nSPS) is 24.8. The molecule has 0 aromatic heterocycles. The standard InChI is InChI=1S/C17H30O7/c1-16(2)21-7-13(8-22-16)5-19-11-15(18)12-20-6-14-9-23-17(3,4)24-10-14/h13-14H,5-12H2,1-4H3. The molecule has 2 fully saturated rings. The highest BCUT2D eigenvalue weighted by Crippen LogP contribution is 2.21. The fourth-order valence-electron chi connectivity index (χ4n) is 2.37. The first-order valence-electron chi connectivity index (χ1n) is 8.49. The Bertz CT molecular complexity index is 352. The van der Waals surface area contributed by atoms with Gasteiger partial charge in [-0.2, -0.15) is 0 Å². The van der Waals surface area contributed by atoms with Crippen LogP contribution in [0.1, 0.15) is 27.7 Å². The van der Waals surface area contributed by atoms with Gasteiger partial charge < -0.3 is 28.4 Å². The summed E-state index contributed by atoms with van der Waals surface area (Å²) in [6.45, 7) is 10.8. The van der Waals surface area contributed by atoms with Gasteiger partial charge in [-0.05, 0) is 27.7 Å². The molecule has 0 atom stereocenters. The van der Waals surface area contributed by atoms with Crippen LogP contribution < -0.4 is 0 Å². The third-order valence-electron chi connectivity index (χ3n) is 3.90. The molecule has 0 aliphatic carbocycles. The lowest BCUT2D eigenvalue weighted by Crippen LogP contribution is -2.41. The number of carbonyl (C=O) groups excluding carboxylic acids is 1. The molecule has 0 radical (unpaired) electrons. The van der Waals surface area contributed by atoms with Crippen LogP contribution in [0, 0.1) is 11.8 Å². The smallest absolute Gasteiger partial charge is 0.183 e. The highest BCUT2D eigenvalue weighted by Gasteiger charge is 2.29. The van der Waals surface area contributed by atoms with Crippen LogP contribution in [0.2, 0.25) is 0 Å². The molecule has 0 amide bonds. The predicted molar refractivity (Wildman–Crippen MR) is 85.6 cm³/mol. The van der Waals surface area contributed by atoms with Crippen LogP contribution in [-0.4, -0.2) is 70.2 Å². The SMILES string of the molecule is CC1(C)OCC(COCC(=O)COCC2COC(C)(C)OC2)CO1. The maximum Gasteiger partial charge on any atom is 0.183 e. The minimum absolute atomic E-state index is 0.0462. The fourth-order valence-corrected chi connectivity index (χ4v) is 2.37. The van der Waals surface area contributed by atoms with E-state index < -0.39 is 11.6 Å². The van der Waals surface area contributed by atoms with Crippen molar-refractivity contribution in [3.05, 3.63) is 0 Å². The number of Topliss-reactive ketones (excluding diaryl/α,β-unsaturated/α-hetero) is 1. The Kier molecular flexibility index (Phi) is 7.15. The lowest BCUT2D eigenvalue weighted by atomic mass is 10.1. The van der Waals surface area contributed by atoms with Gasteiger partial charge in [-0.15, -0.1) is 0 Å². The molecule has 2 heterocycles. The summed E-state index contributed by atoms with van der Waals surface area (Å²) < 4.78 is 33.1. The van der Waals surface area contributed by atoms with Gasteiger partial charge in [0, 0.05) is 11.8 Å². The lowest BCUT2D eigenvalue weighted by Gasteiger charge is -2.34. The van der Waals surface area contributed by atoms with E-state index >= 15 is 0 Å².